The highest BCUT2D eigenvalue weighted by Gasteiger charge is 2.08. The third-order valence-corrected chi connectivity index (χ3v) is 2.38. The summed E-state index contributed by atoms with van der Waals surface area (Å²) < 4.78 is 0. The molecule has 0 aliphatic heterocycles. The normalized spacial score (nSPS) is 10.1. The van der Waals surface area contributed by atoms with Crippen LogP contribution in [0, 0.1) is 13.8 Å². The molecule has 1 heteroatoms. The molecule has 0 saturated heterocycles. The van der Waals surface area contributed by atoms with Gasteiger partial charge in [-0.05, 0) is 31.4 Å². The Morgan fingerprint density at radius 3 is 2.62 bits per heavy atom. The van der Waals surface area contributed by atoms with Crippen molar-refractivity contribution in [3.8, 4) is 0 Å². The van der Waals surface area contributed by atoms with E-state index in [0.717, 1.165) is 17.5 Å². The van der Waals surface area contributed by atoms with Crippen molar-refractivity contribution in [2.75, 3.05) is 0 Å². The summed E-state index contributed by atoms with van der Waals surface area (Å²) in [5, 5.41) is 0. The number of rotatable bonds is 3. The van der Waals surface area contributed by atoms with Gasteiger partial charge in [0.1, 0.15) is 0 Å². The molecule has 0 saturated carbocycles. The zero-order valence-electron chi connectivity index (χ0n) is 8.55. The van der Waals surface area contributed by atoms with Crippen LogP contribution in [0.2, 0.25) is 0 Å². The van der Waals surface area contributed by atoms with Crippen molar-refractivity contribution >= 4 is 5.78 Å². The molecule has 1 rings (SSSR count). The summed E-state index contributed by atoms with van der Waals surface area (Å²) in [6.45, 7) is 6.08. The summed E-state index contributed by atoms with van der Waals surface area (Å²) in [7, 11) is 0. The van der Waals surface area contributed by atoms with Gasteiger partial charge in [-0.15, -0.1) is 0 Å². The molecule has 1 aromatic carbocycles. The average Bonchev–Trinajstić information content (AvgIpc) is 2.10. The van der Waals surface area contributed by atoms with Crippen LogP contribution in [0.3, 0.4) is 0 Å². The Bertz CT molecular complexity index is 313. The fourth-order valence-electron chi connectivity index (χ4n) is 1.41. The lowest BCUT2D eigenvalue weighted by molar-refractivity contribution is 0.0981. The Morgan fingerprint density at radius 1 is 1.31 bits per heavy atom. The summed E-state index contributed by atoms with van der Waals surface area (Å²) in [5.41, 5.74) is 3.21. The third-order valence-electron chi connectivity index (χ3n) is 2.38. The number of benzene rings is 1. The van der Waals surface area contributed by atoms with Crippen molar-refractivity contribution in [3.05, 3.63) is 34.9 Å². The molecule has 0 spiro atoms. The van der Waals surface area contributed by atoms with Gasteiger partial charge in [0.2, 0.25) is 0 Å². The molecule has 0 unspecified atom stereocenters. The molecule has 70 valence electrons. The van der Waals surface area contributed by atoms with E-state index in [1.807, 2.05) is 39.0 Å². The summed E-state index contributed by atoms with van der Waals surface area (Å²) in [4.78, 5) is 11.6. The van der Waals surface area contributed by atoms with Crippen LogP contribution < -0.4 is 0 Å². The predicted octanol–water partition coefficient (Wildman–Crippen LogP) is 3.29. The van der Waals surface area contributed by atoms with Gasteiger partial charge in [0.05, 0.1) is 0 Å². The summed E-state index contributed by atoms with van der Waals surface area (Å²) in [6, 6.07) is 5.91. The van der Waals surface area contributed by atoms with Gasteiger partial charge in [-0.2, -0.15) is 0 Å². The Morgan fingerprint density at radius 2 is 2.00 bits per heavy atom. The molecule has 0 fully saturated rings. The largest absolute Gasteiger partial charge is 0.294 e. The van der Waals surface area contributed by atoms with E-state index in [-0.39, 0.29) is 5.78 Å². The van der Waals surface area contributed by atoms with Crippen molar-refractivity contribution < 1.29 is 4.79 Å². The van der Waals surface area contributed by atoms with Crippen LogP contribution in [0.15, 0.2) is 18.2 Å². The van der Waals surface area contributed by atoms with E-state index >= 15 is 0 Å². The maximum Gasteiger partial charge on any atom is 0.163 e. The quantitative estimate of drug-likeness (QED) is 0.646. The van der Waals surface area contributed by atoms with Crippen LogP contribution in [0.5, 0.6) is 0 Å². The zero-order chi connectivity index (χ0) is 9.84. The van der Waals surface area contributed by atoms with Gasteiger partial charge in [0, 0.05) is 12.0 Å². The minimum absolute atomic E-state index is 0.267. The molecule has 0 bridgehead atoms. The maximum atomic E-state index is 11.6. The Hall–Kier alpha value is -1.11. The molecule has 1 aromatic rings. The topological polar surface area (TPSA) is 17.1 Å². The van der Waals surface area contributed by atoms with E-state index in [1.165, 1.54) is 5.56 Å². The molecule has 13 heavy (non-hydrogen) atoms. The van der Waals surface area contributed by atoms with E-state index in [9.17, 15) is 4.79 Å². The number of hydrogen-bond acceptors (Lipinski definition) is 1. The summed E-state index contributed by atoms with van der Waals surface area (Å²) in [5.74, 6) is 0.267. The maximum absolute atomic E-state index is 11.6. The van der Waals surface area contributed by atoms with Crippen LogP contribution in [0.1, 0.15) is 41.3 Å². The lowest BCUT2D eigenvalue weighted by Crippen LogP contribution is -2.01. The van der Waals surface area contributed by atoms with Crippen LogP contribution >= 0.6 is 0 Å². The molecule has 0 atom stereocenters. The van der Waals surface area contributed by atoms with Gasteiger partial charge in [0.15, 0.2) is 5.78 Å². The van der Waals surface area contributed by atoms with E-state index in [1.54, 1.807) is 0 Å². The Kier molecular flexibility index (Phi) is 3.24. The monoisotopic (exact) mass is 176 g/mol. The third kappa shape index (κ3) is 2.18. The summed E-state index contributed by atoms with van der Waals surface area (Å²) in [6.07, 6.45) is 1.58. The molecule has 1 nitrogen and oxygen atoms in total. The summed E-state index contributed by atoms with van der Waals surface area (Å²) >= 11 is 0. The molecule has 0 heterocycles. The number of Topliss-reactive ketones (excluding diaryl/α,β-unsaturated/α-hetero) is 1. The van der Waals surface area contributed by atoms with Crippen molar-refractivity contribution in [1.82, 2.24) is 0 Å². The number of carbonyl (C=O) groups is 1. The van der Waals surface area contributed by atoms with Crippen molar-refractivity contribution in [2.24, 2.45) is 0 Å². The highest BCUT2D eigenvalue weighted by atomic mass is 16.1. The molecule has 0 aromatic heterocycles. The first-order chi connectivity index (χ1) is 6.16. The van der Waals surface area contributed by atoms with Gasteiger partial charge < -0.3 is 0 Å². The molecule has 0 radical (unpaired) electrons. The Balaban J connectivity index is 3.01. The van der Waals surface area contributed by atoms with Gasteiger partial charge in [0.25, 0.3) is 0 Å². The van der Waals surface area contributed by atoms with E-state index in [0.29, 0.717) is 6.42 Å². The fraction of sp³-hybridized carbons (Fsp3) is 0.417. The predicted molar refractivity (Wildman–Crippen MR) is 55.2 cm³/mol. The van der Waals surface area contributed by atoms with Crippen LogP contribution in [0.25, 0.3) is 0 Å². The average molecular weight is 176 g/mol. The number of ketones is 1. The van der Waals surface area contributed by atoms with Gasteiger partial charge in [-0.1, -0.05) is 25.1 Å². The minimum Gasteiger partial charge on any atom is -0.294 e. The number of hydrogen-bond donors (Lipinski definition) is 0. The van der Waals surface area contributed by atoms with Crippen LogP contribution in [-0.4, -0.2) is 5.78 Å². The molecule has 0 N–H and O–H groups in total. The number of carbonyl (C=O) groups excluding carboxylic acids is 1. The SMILES string of the molecule is CCCC(=O)c1cccc(C)c1C. The molecule has 0 amide bonds. The second-order valence-electron chi connectivity index (χ2n) is 3.42. The zero-order valence-corrected chi connectivity index (χ0v) is 8.55. The second-order valence-corrected chi connectivity index (χ2v) is 3.42. The van der Waals surface area contributed by atoms with Crippen LogP contribution in [0.4, 0.5) is 0 Å². The highest BCUT2D eigenvalue weighted by Crippen LogP contribution is 2.14. The molecule has 0 aliphatic rings. The van der Waals surface area contributed by atoms with E-state index in [2.05, 4.69) is 0 Å². The minimum atomic E-state index is 0.267. The van der Waals surface area contributed by atoms with Gasteiger partial charge in [-0.25, -0.2) is 0 Å². The van der Waals surface area contributed by atoms with Crippen molar-refractivity contribution in [2.45, 2.75) is 33.6 Å². The van der Waals surface area contributed by atoms with Gasteiger partial charge in [-0.3, -0.25) is 4.79 Å². The standard InChI is InChI=1S/C12H16O/c1-4-6-12(13)11-8-5-7-9(2)10(11)3/h5,7-8H,4,6H2,1-3H3. The van der Waals surface area contributed by atoms with Crippen LogP contribution in [-0.2, 0) is 0 Å². The molecule has 0 aliphatic carbocycles. The molecular formula is C12H16O. The first kappa shape index (κ1) is 9.97. The number of aryl methyl sites for hydroxylation is 1. The van der Waals surface area contributed by atoms with Crippen molar-refractivity contribution in [1.29, 1.82) is 0 Å². The lowest BCUT2D eigenvalue weighted by Gasteiger charge is -2.06. The lowest BCUT2D eigenvalue weighted by atomic mass is 9.98. The first-order valence-corrected chi connectivity index (χ1v) is 4.76. The smallest absolute Gasteiger partial charge is 0.163 e. The fourth-order valence-corrected chi connectivity index (χ4v) is 1.41. The van der Waals surface area contributed by atoms with Gasteiger partial charge >= 0.3 is 0 Å². The Labute approximate surface area is 79.8 Å². The highest BCUT2D eigenvalue weighted by molar-refractivity contribution is 5.97. The van der Waals surface area contributed by atoms with E-state index < -0.39 is 0 Å². The molecular weight excluding hydrogens is 160 g/mol. The van der Waals surface area contributed by atoms with E-state index in [4.69, 9.17) is 0 Å². The first-order valence-electron chi connectivity index (χ1n) is 4.76. The second kappa shape index (κ2) is 4.22. The van der Waals surface area contributed by atoms with Crippen molar-refractivity contribution in [3.63, 3.8) is 0 Å².